The second kappa shape index (κ2) is 8.81. The van der Waals surface area contributed by atoms with Gasteiger partial charge in [0.25, 0.3) is 0 Å². The van der Waals surface area contributed by atoms with Crippen LogP contribution in [0.1, 0.15) is 48.9 Å². The molecule has 1 saturated carbocycles. The number of hydrogen-bond acceptors (Lipinski definition) is 4. The molecule has 1 heterocycles. The maximum absolute atomic E-state index is 13.3. The van der Waals surface area contributed by atoms with Crippen LogP contribution in [-0.2, 0) is 19.7 Å². The van der Waals surface area contributed by atoms with E-state index < -0.39 is 5.82 Å². The van der Waals surface area contributed by atoms with E-state index in [1.54, 1.807) is 6.07 Å². The maximum Gasteiger partial charge on any atom is 0.212 e. The molecule has 6 heteroatoms. The maximum atomic E-state index is 13.3. The molecule has 26 heavy (non-hydrogen) atoms. The van der Waals surface area contributed by atoms with Gasteiger partial charge in [0.1, 0.15) is 12.4 Å². The minimum absolute atomic E-state index is 0.221. The highest BCUT2D eigenvalue weighted by atomic mass is 19.1. The Labute approximate surface area is 153 Å². The largest absolute Gasteiger partial charge is 0.473 e. The molecule has 0 bridgehead atoms. The quantitative estimate of drug-likeness (QED) is 0.820. The zero-order valence-corrected chi connectivity index (χ0v) is 15.2. The first-order valence-electron chi connectivity index (χ1n) is 9.22. The molecular weight excluding hydrogens is 331 g/mol. The zero-order chi connectivity index (χ0) is 18.4. The van der Waals surface area contributed by atoms with Crippen molar-refractivity contribution < 1.29 is 9.13 Å². The van der Waals surface area contributed by atoms with Gasteiger partial charge in [-0.25, -0.2) is 9.07 Å². The standard InChI is InChI=1S/C20H25FN4O/c1-23-12-19-10-20(25(24-19)13-15-5-3-2-4-6-15)26-14-16-7-8-18(21)9-17(16)11-22/h7-10,15,23H,2-6,12-14H2,1H3. The predicted octanol–water partition coefficient (Wildman–Crippen LogP) is 3.77. The van der Waals surface area contributed by atoms with Gasteiger partial charge >= 0.3 is 0 Å². The molecule has 1 N–H and O–H groups in total. The lowest BCUT2D eigenvalue weighted by molar-refractivity contribution is 0.245. The molecule has 2 aromatic rings. The summed E-state index contributed by atoms with van der Waals surface area (Å²) in [4.78, 5) is 0. The number of hydrogen-bond donors (Lipinski definition) is 1. The molecule has 0 unspecified atom stereocenters. The fourth-order valence-electron chi connectivity index (χ4n) is 3.51. The molecule has 0 aliphatic heterocycles. The summed E-state index contributed by atoms with van der Waals surface area (Å²) in [6.45, 7) is 1.75. The van der Waals surface area contributed by atoms with Crippen LogP contribution in [0.3, 0.4) is 0 Å². The number of halogens is 1. The van der Waals surface area contributed by atoms with Crippen molar-refractivity contribution in [3.05, 3.63) is 46.9 Å². The molecule has 0 radical (unpaired) electrons. The SMILES string of the molecule is CNCc1cc(OCc2ccc(F)cc2C#N)n(CC2CCCCC2)n1. The Morgan fingerprint density at radius 1 is 1.31 bits per heavy atom. The van der Waals surface area contributed by atoms with Crippen molar-refractivity contribution in [1.29, 1.82) is 5.26 Å². The average molecular weight is 356 g/mol. The average Bonchev–Trinajstić information content (AvgIpc) is 3.03. The highest BCUT2D eigenvalue weighted by Crippen LogP contribution is 2.27. The summed E-state index contributed by atoms with van der Waals surface area (Å²) in [6.07, 6.45) is 6.36. The van der Waals surface area contributed by atoms with E-state index in [2.05, 4.69) is 10.4 Å². The van der Waals surface area contributed by atoms with Crippen molar-refractivity contribution in [2.45, 2.75) is 51.8 Å². The first-order valence-corrected chi connectivity index (χ1v) is 9.22. The summed E-state index contributed by atoms with van der Waals surface area (Å²) in [5, 5.41) is 17.0. The first kappa shape index (κ1) is 18.4. The van der Waals surface area contributed by atoms with Gasteiger partial charge in [0.05, 0.1) is 17.3 Å². The summed E-state index contributed by atoms with van der Waals surface area (Å²) in [6, 6.07) is 8.16. The third-order valence-corrected chi connectivity index (χ3v) is 4.88. The van der Waals surface area contributed by atoms with Gasteiger partial charge in [0, 0.05) is 24.7 Å². The molecule has 1 aliphatic carbocycles. The second-order valence-electron chi connectivity index (χ2n) is 6.89. The van der Waals surface area contributed by atoms with Crippen LogP contribution in [0, 0.1) is 23.1 Å². The van der Waals surface area contributed by atoms with E-state index in [0.29, 0.717) is 29.5 Å². The summed E-state index contributed by atoms with van der Waals surface area (Å²) >= 11 is 0. The molecule has 1 aromatic carbocycles. The van der Waals surface area contributed by atoms with Crippen molar-refractivity contribution in [2.75, 3.05) is 7.05 Å². The van der Waals surface area contributed by atoms with Crippen LogP contribution in [0.25, 0.3) is 0 Å². The van der Waals surface area contributed by atoms with Gasteiger partial charge in [-0.2, -0.15) is 10.4 Å². The van der Waals surface area contributed by atoms with Crippen LogP contribution in [0.4, 0.5) is 4.39 Å². The number of benzene rings is 1. The van der Waals surface area contributed by atoms with E-state index in [-0.39, 0.29) is 6.61 Å². The van der Waals surface area contributed by atoms with Crippen LogP contribution in [0.15, 0.2) is 24.3 Å². The van der Waals surface area contributed by atoms with Crippen LogP contribution in [-0.4, -0.2) is 16.8 Å². The lowest BCUT2D eigenvalue weighted by Gasteiger charge is -2.22. The molecular formula is C20H25FN4O. The van der Waals surface area contributed by atoms with Crippen molar-refractivity contribution in [3.63, 3.8) is 0 Å². The zero-order valence-electron chi connectivity index (χ0n) is 15.2. The van der Waals surface area contributed by atoms with Gasteiger partial charge in [-0.05, 0) is 37.9 Å². The Balaban J connectivity index is 1.74. The van der Waals surface area contributed by atoms with Crippen molar-refractivity contribution in [3.8, 4) is 11.9 Å². The fraction of sp³-hybridized carbons (Fsp3) is 0.500. The van der Waals surface area contributed by atoms with Crippen LogP contribution in [0.2, 0.25) is 0 Å². The van der Waals surface area contributed by atoms with E-state index in [0.717, 1.165) is 12.2 Å². The second-order valence-corrected chi connectivity index (χ2v) is 6.89. The van der Waals surface area contributed by atoms with E-state index in [1.807, 2.05) is 23.9 Å². The molecule has 1 fully saturated rings. The number of aromatic nitrogens is 2. The number of rotatable bonds is 7. The Bertz CT molecular complexity index is 775. The minimum Gasteiger partial charge on any atom is -0.473 e. The third-order valence-electron chi connectivity index (χ3n) is 4.88. The van der Waals surface area contributed by atoms with E-state index in [1.165, 1.54) is 44.2 Å². The molecule has 138 valence electrons. The Morgan fingerprint density at radius 3 is 2.85 bits per heavy atom. The van der Waals surface area contributed by atoms with Crippen LogP contribution >= 0.6 is 0 Å². The Kier molecular flexibility index (Phi) is 6.24. The third kappa shape index (κ3) is 4.61. The molecule has 5 nitrogen and oxygen atoms in total. The van der Waals surface area contributed by atoms with E-state index in [4.69, 9.17) is 4.74 Å². The minimum atomic E-state index is -0.413. The predicted molar refractivity (Wildman–Crippen MR) is 97.0 cm³/mol. The van der Waals surface area contributed by atoms with Crippen molar-refractivity contribution in [1.82, 2.24) is 15.1 Å². The van der Waals surface area contributed by atoms with Gasteiger partial charge in [-0.15, -0.1) is 0 Å². The summed E-state index contributed by atoms with van der Waals surface area (Å²) in [5.74, 6) is 0.923. The van der Waals surface area contributed by atoms with Crippen molar-refractivity contribution >= 4 is 0 Å². The Morgan fingerprint density at radius 2 is 2.12 bits per heavy atom. The number of nitriles is 1. The lowest BCUT2D eigenvalue weighted by Crippen LogP contribution is -2.16. The molecule has 3 rings (SSSR count). The summed E-state index contributed by atoms with van der Waals surface area (Å²) in [7, 11) is 1.89. The molecule has 0 spiro atoms. The molecule has 1 aliphatic rings. The number of nitrogens with one attached hydrogen (secondary N) is 1. The molecule has 1 aromatic heterocycles. The lowest BCUT2D eigenvalue weighted by atomic mass is 9.89. The van der Waals surface area contributed by atoms with E-state index >= 15 is 0 Å². The number of ether oxygens (including phenoxy) is 1. The van der Waals surface area contributed by atoms with Gasteiger partial charge < -0.3 is 10.1 Å². The van der Waals surface area contributed by atoms with Gasteiger partial charge in [-0.3, -0.25) is 0 Å². The van der Waals surface area contributed by atoms with Crippen LogP contribution < -0.4 is 10.1 Å². The van der Waals surface area contributed by atoms with Crippen LogP contribution in [0.5, 0.6) is 5.88 Å². The summed E-state index contributed by atoms with van der Waals surface area (Å²) < 4.78 is 21.2. The highest BCUT2D eigenvalue weighted by Gasteiger charge is 2.18. The van der Waals surface area contributed by atoms with Crippen molar-refractivity contribution in [2.24, 2.45) is 5.92 Å². The number of nitrogens with zero attached hydrogens (tertiary/aromatic N) is 3. The van der Waals surface area contributed by atoms with Gasteiger partial charge in [0.15, 0.2) is 0 Å². The van der Waals surface area contributed by atoms with E-state index in [9.17, 15) is 9.65 Å². The Hall–Kier alpha value is -2.39. The fourth-order valence-corrected chi connectivity index (χ4v) is 3.51. The van der Waals surface area contributed by atoms with Gasteiger partial charge in [-0.1, -0.05) is 25.3 Å². The molecule has 0 atom stereocenters. The normalized spacial score (nSPS) is 15.0. The topological polar surface area (TPSA) is 62.9 Å². The molecule has 0 saturated heterocycles. The first-order chi connectivity index (χ1) is 12.7. The monoisotopic (exact) mass is 356 g/mol. The highest BCUT2D eigenvalue weighted by molar-refractivity contribution is 5.37. The summed E-state index contributed by atoms with van der Waals surface area (Å²) in [5.41, 5.74) is 1.91. The van der Waals surface area contributed by atoms with Gasteiger partial charge in [0.2, 0.25) is 5.88 Å². The smallest absolute Gasteiger partial charge is 0.212 e. The molecule has 0 amide bonds.